The summed E-state index contributed by atoms with van der Waals surface area (Å²) in [7, 11) is 0. The normalized spacial score (nSPS) is 23.7. The average molecular weight is 333 g/mol. The van der Waals surface area contributed by atoms with Gasteiger partial charge in [-0.05, 0) is 36.3 Å². The van der Waals surface area contributed by atoms with E-state index in [9.17, 15) is 0 Å². The van der Waals surface area contributed by atoms with Crippen molar-refractivity contribution in [2.45, 2.75) is 38.6 Å². The maximum absolute atomic E-state index is 5.85. The molecule has 0 spiro atoms. The van der Waals surface area contributed by atoms with Crippen LogP contribution in [0, 0.1) is 5.92 Å². The molecule has 1 unspecified atom stereocenters. The first kappa shape index (κ1) is 15.5. The van der Waals surface area contributed by atoms with Crippen molar-refractivity contribution in [2.24, 2.45) is 5.92 Å². The zero-order valence-electron chi connectivity index (χ0n) is 13.9. The molecule has 9 nitrogen and oxygen atoms in total. The van der Waals surface area contributed by atoms with Crippen LogP contribution in [0.25, 0.3) is 0 Å². The molecule has 0 saturated carbocycles. The molecule has 2 aliphatic rings. The van der Waals surface area contributed by atoms with E-state index in [0.717, 1.165) is 38.4 Å². The number of rotatable bonds is 5. The molecule has 9 heteroatoms. The maximum Gasteiger partial charge on any atom is 0.245 e. The number of tetrazole rings is 1. The number of anilines is 1. The topological polar surface area (TPSA) is 83.1 Å². The van der Waals surface area contributed by atoms with Gasteiger partial charge in [-0.15, -0.1) is 0 Å². The van der Waals surface area contributed by atoms with Gasteiger partial charge in [0, 0.05) is 31.4 Å². The Morgan fingerprint density at radius 1 is 1.29 bits per heavy atom. The van der Waals surface area contributed by atoms with E-state index >= 15 is 0 Å². The van der Waals surface area contributed by atoms with Gasteiger partial charge in [0.2, 0.25) is 5.95 Å². The number of ether oxygens (including phenoxy) is 2. The van der Waals surface area contributed by atoms with Crippen LogP contribution >= 0.6 is 0 Å². The molecule has 0 aliphatic carbocycles. The zero-order valence-corrected chi connectivity index (χ0v) is 13.9. The Bertz CT molecular complexity index is 651. The molecule has 2 aromatic rings. The van der Waals surface area contributed by atoms with Crippen molar-refractivity contribution >= 4 is 5.95 Å². The number of hydrogen-bond acceptors (Lipinski definition) is 7. The molecular weight excluding hydrogens is 310 g/mol. The van der Waals surface area contributed by atoms with E-state index in [1.807, 2.05) is 21.6 Å². The van der Waals surface area contributed by atoms with E-state index in [1.165, 1.54) is 0 Å². The van der Waals surface area contributed by atoms with Crippen LogP contribution < -0.4 is 4.90 Å². The van der Waals surface area contributed by atoms with Crippen LogP contribution in [0.5, 0.6) is 0 Å². The molecule has 130 valence electrons. The monoisotopic (exact) mass is 333 g/mol. The Kier molecular flexibility index (Phi) is 4.19. The third-order valence-electron chi connectivity index (χ3n) is 4.92. The summed E-state index contributed by atoms with van der Waals surface area (Å²) >= 11 is 0. The van der Waals surface area contributed by atoms with Gasteiger partial charge in [0.15, 0.2) is 5.79 Å². The highest BCUT2D eigenvalue weighted by atomic mass is 16.7. The molecule has 24 heavy (non-hydrogen) atoms. The first-order valence-corrected chi connectivity index (χ1v) is 8.51. The Hall–Kier alpha value is -2.00. The summed E-state index contributed by atoms with van der Waals surface area (Å²) in [6.45, 7) is 6.63. The van der Waals surface area contributed by atoms with Gasteiger partial charge < -0.3 is 14.4 Å². The number of piperidine rings is 1. The molecule has 0 aromatic carbocycles. The van der Waals surface area contributed by atoms with Crippen LogP contribution in [0.4, 0.5) is 5.95 Å². The Balaban J connectivity index is 1.44. The SMILES string of the molecule is CC1(C2CCCN(c3nnnn3CCn3cccn3)C2)OCCO1. The standard InChI is InChI=1S/C15H23N7O2/c1-15(23-10-11-24-15)13-4-2-6-20(12-13)14-17-18-19-22(14)9-8-21-7-3-5-16-21/h3,5,7,13H,2,4,6,8-12H2,1H3. The van der Waals surface area contributed by atoms with E-state index in [2.05, 4.69) is 32.4 Å². The number of nitrogens with zero attached hydrogens (tertiary/aromatic N) is 7. The fraction of sp³-hybridized carbons (Fsp3) is 0.733. The molecule has 2 fully saturated rings. The molecule has 1 atom stereocenters. The number of aryl methyl sites for hydroxylation is 2. The minimum Gasteiger partial charge on any atom is -0.347 e. The second-order valence-electron chi connectivity index (χ2n) is 6.47. The lowest BCUT2D eigenvalue weighted by molar-refractivity contribution is -0.182. The third kappa shape index (κ3) is 3.01. The van der Waals surface area contributed by atoms with Gasteiger partial charge in [0.1, 0.15) is 0 Å². The predicted molar refractivity (Wildman–Crippen MR) is 85.3 cm³/mol. The molecule has 0 N–H and O–H groups in total. The summed E-state index contributed by atoms with van der Waals surface area (Å²) < 4.78 is 15.4. The molecule has 2 aromatic heterocycles. The molecule has 4 heterocycles. The molecule has 2 aliphatic heterocycles. The van der Waals surface area contributed by atoms with Crippen molar-refractivity contribution < 1.29 is 9.47 Å². The Morgan fingerprint density at radius 3 is 2.96 bits per heavy atom. The average Bonchev–Trinajstić information content (AvgIpc) is 3.35. The molecule has 2 saturated heterocycles. The summed E-state index contributed by atoms with van der Waals surface area (Å²) in [5.74, 6) is 0.657. The summed E-state index contributed by atoms with van der Waals surface area (Å²) in [6.07, 6.45) is 5.90. The van der Waals surface area contributed by atoms with Gasteiger partial charge >= 0.3 is 0 Å². The van der Waals surface area contributed by atoms with E-state index in [-0.39, 0.29) is 0 Å². The summed E-state index contributed by atoms with van der Waals surface area (Å²) in [5.41, 5.74) is 0. The lowest BCUT2D eigenvalue weighted by Crippen LogP contribution is -2.47. The highest BCUT2D eigenvalue weighted by molar-refractivity contribution is 5.29. The van der Waals surface area contributed by atoms with Gasteiger partial charge in [-0.3, -0.25) is 4.68 Å². The third-order valence-corrected chi connectivity index (χ3v) is 4.92. The quantitative estimate of drug-likeness (QED) is 0.790. The largest absolute Gasteiger partial charge is 0.347 e. The first-order valence-electron chi connectivity index (χ1n) is 8.51. The fourth-order valence-corrected chi connectivity index (χ4v) is 3.55. The van der Waals surface area contributed by atoms with Crippen molar-refractivity contribution in [2.75, 3.05) is 31.2 Å². The summed E-state index contributed by atoms with van der Waals surface area (Å²) in [4.78, 5) is 2.24. The molecule has 0 bridgehead atoms. The highest BCUT2D eigenvalue weighted by Gasteiger charge is 2.42. The van der Waals surface area contributed by atoms with Crippen LogP contribution in [0.3, 0.4) is 0 Å². The molecular formula is C15H23N7O2. The van der Waals surface area contributed by atoms with E-state index < -0.39 is 5.79 Å². The second kappa shape index (κ2) is 6.48. The van der Waals surface area contributed by atoms with E-state index in [1.54, 1.807) is 6.20 Å². The number of hydrogen-bond donors (Lipinski definition) is 0. The minimum atomic E-state index is -0.480. The van der Waals surface area contributed by atoms with Crippen molar-refractivity contribution in [1.82, 2.24) is 30.0 Å². The van der Waals surface area contributed by atoms with Crippen LogP contribution in [0.2, 0.25) is 0 Å². The molecule has 0 amide bonds. The smallest absolute Gasteiger partial charge is 0.245 e. The van der Waals surface area contributed by atoms with E-state index in [4.69, 9.17) is 9.47 Å². The number of aromatic nitrogens is 6. The zero-order chi connectivity index (χ0) is 16.4. The molecule has 0 radical (unpaired) electrons. The summed E-state index contributed by atoms with van der Waals surface area (Å²) in [6, 6.07) is 1.91. The van der Waals surface area contributed by atoms with Gasteiger partial charge in [0.25, 0.3) is 0 Å². The van der Waals surface area contributed by atoms with Gasteiger partial charge in [-0.1, -0.05) is 5.10 Å². The van der Waals surface area contributed by atoms with Gasteiger partial charge in [-0.25, -0.2) is 4.68 Å². The van der Waals surface area contributed by atoms with Gasteiger partial charge in [0.05, 0.1) is 26.3 Å². The lowest BCUT2D eigenvalue weighted by Gasteiger charge is -2.39. The van der Waals surface area contributed by atoms with Crippen molar-refractivity contribution in [3.8, 4) is 0 Å². The van der Waals surface area contributed by atoms with Crippen LogP contribution in [0.15, 0.2) is 18.5 Å². The lowest BCUT2D eigenvalue weighted by atomic mass is 9.90. The maximum atomic E-state index is 5.85. The van der Waals surface area contributed by atoms with Crippen molar-refractivity contribution in [3.63, 3.8) is 0 Å². The summed E-state index contributed by atoms with van der Waals surface area (Å²) in [5, 5.41) is 16.5. The highest BCUT2D eigenvalue weighted by Crippen LogP contribution is 2.34. The fourth-order valence-electron chi connectivity index (χ4n) is 3.55. The van der Waals surface area contributed by atoms with Crippen LogP contribution in [-0.2, 0) is 22.6 Å². The Morgan fingerprint density at radius 2 is 2.17 bits per heavy atom. The van der Waals surface area contributed by atoms with E-state index in [0.29, 0.717) is 25.7 Å². The van der Waals surface area contributed by atoms with Crippen molar-refractivity contribution in [1.29, 1.82) is 0 Å². The first-order chi connectivity index (χ1) is 11.7. The minimum absolute atomic E-state index is 0.324. The van der Waals surface area contributed by atoms with Crippen LogP contribution in [-0.4, -0.2) is 62.1 Å². The van der Waals surface area contributed by atoms with Gasteiger partial charge in [-0.2, -0.15) is 5.10 Å². The predicted octanol–water partition coefficient (Wildman–Crippen LogP) is 0.549. The Labute approximate surface area is 140 Å². The van der Waals surface area contributed by atoms with Crippen LogP contribution in [0.1, 0.15) is 19.8 Å². The second-order valence-corrected chi connectivity index (χ2v) is 6.47. The molecule has 4 rings (SSSR count). The van der Waals surface area contributed by atoms with Crippen molar-refractivity contribution in [3.05, 3.63) is 18.5 Å².